The molecule has 2 nitrogen and oxygen atoms in total. The lowest BCUT2D eigenvalue weighted by molar-refractivity contribution is -0.133. The summed E-state index contributed by atoms with van der Waals surface area (Å²) in [5.74, 6) is 2.43. The van der Waals surface area contributed by atoms with Gasteiger partial charge in [-0.25, -0.2) is 0 Å². The lowest BCUT2D eigenvalue weighted by atomic mass is 9.63. The Kier molecular flexibility index (Phi) is 6.14. The average molecular weight is 310 g/mol. The lowest BCUT2D eigenvalue weighted by Crippen LogP contribution is -2.57. The van der Waals surface area contributed by atoms with Gasteiger partial charge < -0.3 is 5.32 Å². The second-order valence-corrected chi connectivity index (χ2v) is 9.50. The molecule has 1 saturated carbocycles. The summed E-state index contributed by atoms with van der Waals surface area (Å²) in [6, 6.07) is 0. The molecular weight excluding hydrogens is 270 g/mol. The molecule has 0 aromatic carbocycles. The lowest BCUT2D eigenvalue weighted by Gasteiger charge is -2.45. The van der Waals surface area contributed by atoms with Crippen molar-refractivity contribution in [2.24, 2.45) is 35.0 Å². The largest absolute Gasteiger partial charge is 0.350 e. The molecule has 1 rings (SSSR count). The van der Waals surface area contributed by atoms with Crippen LogP contribution in [-0.2, 0) is 4.79 Å². The first-order chi connectivity index (χ1) is 9.90. The number of nitrogens with one attached hydrogen (secondary N) is 1. The molecule has 22 heavy (non-hydrogen) atoms. The Morgan fingerprint density at radius 3 is 2.00 bits per heavy atom. The van der Waals surface area contributed by atoms with Crippen LogP contribution >= 0.6 is 0 Å². The van der Waals surface area contributed by atoms with Crippen LogP contribution in [0.2, 0.25) is 0 Å². The van der Waals surface area contributed by atoms with Crippen molar-refractivity contribution in [3.05, 3.63) is 0 Å². The van der Waals surface area contributed by atoms with Gasteiger partial charge in [0.25, 0.3) is 0 Å². The first kappa shape index (κ1) is 19.5. The molecule has 0 heterocycles. The van der Waals surface area contributed by atoms with Crippen LogP contribution in [0.1, 0.15) is 81.6 Å². The van der Waals surface area contributed by atoms with E-state index in [1.165, 1.54) is 12.8 Å². The van der Waals surface area contributed by atoms with Crippen molar-refractivity contribution in [2.75, 3.05) is 0 Å². The topological polar surface area (TPSA) is 29.1 Å². The zero-order valence-corrected chi connectivity index (χ0v) is 16.4. The van der Waals surface area contributed by atoms with Gasteiger partial charge in [-0.1, -0.05) is 55.4 Å². The summed E-state index contributed by atoms with van der Waals surface area (Å²) in [4.78, 5) is 13.1. The van der Waals surface area contributed by atoms with E-state index >= 15 is 0 Å². The molecule has 2 atom stereocenters. The van der Waals surface area contributed by atoms with E-state index in [9.17, 15) is 4.79 Å². The minimum atomic E-state index is -0.125. The van der Waals surface area contributed by atoms with Gasteiger partial charge in [-0.3, -0.25) is 4.79 Å². The fourth-order valence-corrected chi connectivity index (χ4v) is 4.01. The van der Waals surface area contributed by atoms with Crippen LogP contribution in [0.15, 0.2) is 0 Å². The molecule has 1 aliphatic carbocycles. The van der Waals surface area contributed by atoms with E-state index in [1.54, 1.807) is 0 Å². The third-order valence-corrected chi connectivity index (χ3v) is 6.43. The van der Waals surface area contributed by atoms with Gasteiger partial charge in [-0.05, 0) is 55.3 Å². The van der Waals surface area contributed by atoms with Gasteiger partial charge in [0.2, 0.25) is 5.91 Å². The molecule has 1 fully saturated rings. The quantitative estimate of drug-likeness (QED) is 0.736. The average Bonchev–Trinajstić information content (AvgIpc) is 2.36. The van der Waals surface area contributed by atoms with Gasteiger partial charge in [0.1, 0.15) is 0 Å². The van der Waals surface area contributed by atoms with Crippen LogP contribution in [0.3, 0.4) is 0 Å². The van der Waals surface area contributed by atoms with E-state index in [2.05, 4.69) is 67.6 Å². The summed E-state index contributed by atoms with van der Waals surface area (Å²) in [6.07, 6.45) is 3.45. The second-order valence-electron chi connectivity index (χ2n) is 9.50. The van der Waals surface area contributed by atoms with Crippen LogP contribution in [0, 0.1) is 35.0 Å². The highest BCUT2D eigenvalue weighted by Gasteiger charge is 2.42. The number of amides is 1. The number of hydrogen-bond donors (Lipinski definition) is 1. The van der Waals surface area contributed by atoms with E-state index in [0.29, 0.717) is 29.1 Å². The van der Waals surface area contributed by atoms with Gasteiger partial charge in [-0.2, -0.15) is 0 Å². The number of hydrogen-bond acceptors (Lipinski definition) is 1. The van der Waals surface area contributed by atoms with E-state index in [-0.39, 0.29) is 17.4 Å². The van der Waals surface area contributed by atoms with Crippen molar-refractivity contribution in [1.29, 1.82) is 0 Å². The minimum Gasteiger partial charge on any atom is -0.350 e. The zero-order chi connectivity index (χ0) is 17.3. The summed E-state index contributed by atoms with van der Waals surface area (Å²) < 4.78 is 0. The van der Waals surface area contributed by atoms with Crippen molar-refractivity contribution in [3.63, 3.8) is 0 Å². The third-order valence-electron chi connectivity index (χ3n) is 6.43. The maximum atomic E-state index is 13.1. The SMILES string of the molecule is CC(C)C1CCC(C)(C)CC1C(=O)NC(C)(C(C)C)C(C)C. The van der Waals surface area contributed by atoms with Crippen molar-refractivity contribution in [3.8, 4) is 0 Å². The van der Waals surface area contributed by atoms with Gasteiger partial charge in [-0.15, -0.1) is 0 Å². The Labute approximate surface area is 138 Å². The standard InChI is InChI=1S/C20H39NO/c1-13(2)16-10-11-19(7,8)12-17(16)18(22)21-20(9,14(3)4)15(5)6/h13-17H,10-12H2,1-9H3,(H,21,22). The van der Waals surface area contributed by atoms with Crippen molar-refractivity contribution in [2.45, 2.75) is 87.1 Å². The van der Waals surface area contributed by atoms with Gasteiger partial charge in [0.05, 0.1) is 0 Å². The van der Waals surface area contributed by atoms with E-state index < -0.39 is 0 Å². The molecule has 2 unspecified atom stereocenters. The third kappa shape index (κ3) is 4.26. The Morgan fingerprint density at radius 1 is 1.09 bits per heavy atom. The maximum Gasteiger partial charge on any atom is 0.223 e. The molecule has 1 aliphatic rings. The molecule has 0 bridgehead atoms. The van der Waals surface area contributed by atoms with Gasteiger partial charge in [0, 0.05) is 11.5 Å². The van der Waals surface area contributed by atoms with Gasteiger partial charge >= 0.3 is 0 Å². The number of rotatable bonds is 5. The molecule has 1 N–H and O–H groups in total. The molecule has 0 aliphatic heterocycles. The molecular formula is C20H39NO. The van der Waals surface area contributed by atoms with Crippen LogP contribution < -0.4 is 5.32 Å². The number of carbonyl (C=O) groups excluding carboxylic acids is 1. The predicted octanol–water partition coefficient (Wildman–Crippen LogP) is 5.27. The molecule has 0 saturated heterocycles. The smallest absolute Gasteiger partial charge is 0.223 e. The first-order valence-corrected chi connectivity index (χ1v) is 9.22. The second kappa shape index (κ2) is 6.93. The summed E-state index contributed by atoms with van der Waals surface area (Å²) in [7, 11) is 0. The van der Waals surface area contributed by atoms with Crippen molar-refractivity contribution in [1.82, 2.24) is 5.32 Å². The fourth-order valence-electron chi connectivity index (χ4n) is 4.01. The molecule has 2 heteroatoms. The molecule has 1 amide bonds. The van der Waals surface area contributed by atoms with E-state index in [0.717, 1.165) is 6.42 Å². The van der Waals surface area contributed by atoms with E-state index in [1.807, 2.05) is 0 Å². The summed E-state index contributed by atoms with van der Waals surface area (Å²) >= 11 is 0. The highest BCUT2D eigenvalue weighted by molar-refractivity contribution is 5.80. The van der Waals surface area contributed by atoms with Crippen molar-refractivity contribution < 1.29 is 4.79 Å². The van der Waals surface area contributed by atoms with E-state index in [4.69, 9.17) is 0 Å². The maximum absolute atomic E-state index is 13.1. The highest BCUT2D eigenvalue weighted by Crippen LogP contribution is 2.45. The van der Waals surface area contributed by atoms with Crippen LogP contribution in [0.4, 0.5) is 0 Å². The molecule has 0 radical (unpaired) electrons. The molecule has 0 aromatic heterocycles. The molecule has 0 spiro atoms. The van der Waals surface area contributed by atoms with Crippen LogP contribution in [-0.4, -0.2) is 11.4 Å². The van der Waals surface area contributed by atoms with Gasteiger partial charge in [0.15, 0.2) is 0 Å². The Morgan fingerprint density at radius 2 is 1.59 bits per heavy atom. The summed E-state index contributed by atoms with van der Waals surface area (Å²) in [5, 5.41) is 3.45. The Bertz CT molecular complexity index is 373. The molecule has 130 valence electrons. The Hall–Kier alpha value is -0.530. The Balaban J connectivity index is 2.96. The summed E-state index contributed by atoms with van der Waals surface area (Å²) in [5.41, 5.74) is 0.166. The van der Waals surface area contributed by atoms with Crippen LogP contribution in [0.5, 0.6) is 0 Å². The fraction of sp³-hybridized carbons (Fsp3) is 0.950. The van der Waals surface area contributed by atoms with Crippen molar-refractivity contribution >= 4 is 5.91 Å². The minimum absolute atomic E-state index is 0.125. The van der Waals surface area contributed by atoms with Crippen LogP contribution in [0.25, 0.3) is 0 Å². The predicted molar refractivity (Wildman–Crippen MR) is 95.7 cm³/mol. The highest BCUT2D eigenvalue weighted by atomic mass is 16.2. The molecule has 0 aromatic rings. The zero-order valence-electron chi connectivity index (χ0n) is 16.4. The summed E-state index contributed by atoms with van der Waals surface area (Å²) in [6.45, 7) is 20.2. The number of carbonyl (C=O) groups is 1. The first-order valence-electron chi connectivity index (χ1n) is 9.22. The monoisotopic (exact) mass is 309 g/mol. The normalized spacial score (nSPS) is 25.8.